The van der Waals surface area contributed by atoms with Crippen molar-refractivity contribution in [2.45, 2.75) is 45.8 Å². The van der Waals surface area contributed by atoms with E-state index < -0.39 is 25.4 Å². The summed E-state index contributed by atoms with van der Waals surface area (Å²) in [7, 11) is -4.60. The van der Waals surface area contributed by atoms with E-state index in [0.29, 0.717) is 132 Å². The summed E-state index contributed by atoms with van der Waals surface area (Å²) in [6.45, 7) is 25.3. The molecule has 0 bridgehead atoms. The average molecular weight is 693 g/mol. The SMILES string of the molecule is COCCOCCOCCOCCOCCOCCOCCOCCOCCOCCO[Si](C)(O[Si](C)(C)C)O[Si](C)(C)C. The van der Waals surface area contributed by atoms with Gasteiger partial charge in [-0.05, 0) is 39.3 Å². The third-order valence-electron chi connectivity index (χ3n) is 4.98. The van der Waals surface area contributed by atoms with Gasteiger partial charge in [0.05, 0.1) is 132 Å². The van der Waals surface area contributed by atoms with Crippen molar-refractivity contribution in [3.05, 3.63) is 0 Å². The largest absolute Gasteiger partial charge is 0.476 e. The molecule has 0 radical (unpaired) electrons. The molecule has 0 aromatic rings. The van der Waals surface area contributed by atoms with Gasteiger partial charge < -0.3 is 60.0 Å². The molecule has 0 heterocycles. The number of hydrogen-bond donors (Lipinski definition) is 0. The maximum atomic E-state index is 6.31. The number of methoxy groups -OCH3 is 1. The predicted octanol–water partition coefficient (Wildman–Crippen LogP) is 3.07. The molecule has 13 nitrogen and oxygen atoms in total. The van der Waals surface area contributed by atoms with Gasteiger partial charge >= 0.3 is 8.80 Å². The molecular formula is C28H64O13Si3. The Morgan fingerprint density at radius 2 is 0.500 bits per heavy atom. The standard InChI is InChI=1S/C28H64O13Si3/c1-29-9-10-30-11-12-31-13-14-32-15-16-33-17-18-34-19-20-35-21-22-36-23-24-37-25-26-38-27-28-39-44(8,40-42(2,3)4)41-43(5,6)7/h9-28H2,1-8H3. The first-order valence-electron chi connectivity index (χ1n) is 15.7. The summed E-state index contributed by atoms with van der Waals surface area (Å²) < 4.78 is 72.9. The van der Waals surface area contributed by atoms with E-state index in [9.17, 15) is 0 Å². The smallest absolute Gasteiger partial charge is 0.417 e. The van der Waals surface area contributed by atoms with Gasteiger partial charge in [-0.3, -0.25) is 0 Å². The Kier molecular flexibility index (Phi) is 29.4. The highest BCUT2D eigenvalue weighted by atomic mass is 28.5. The van der Waals surface area contributed by atoms with Crippen LogP contribution in [0.3, 0.4) is 0 Å². The van der Waals surface area contributed by atoms with E-state index in [2.05, 4.69) is 39.3 Å². The van der Waals surface area contributed by atoms with E-state index in [4.69, 9.17) is 60.0 Å². The molecule has 0 rings (SSSR count). The molecule has 16 heteroatoms. The van der Waals surface area contributed by atoms with Crippen molar-refractivity contribution < 1.29 is 60.0 Å². The van der Waals surface area contributed by atoms with Crippen LogP contribution < -0.4 is 0 Å². The molecule has 44 heavy (non-hydrogen) atoms. The van der Waals surface area contributed by atoms with E-state index in [1.165, 1.54) is 0 Å². The van der Waals surface area contributed by atoms with Crippen LogP contribution in [-0.2, 0) is 60.0 Å². The minimum atomic E-state index is -2.68. The van der Waals surface area contributed by atoms with Crippen LogP contribution in [0.2, 0.25) is 45.8 Å². The second kappa shape index (κ2) is 29.3. The number of hydrogen-bond acceptors (Lipinski definition) is 13. The van der Waals surface area contributed by atoms with Crippen LogP contribution in [0.5, 0.6) is 0 Å². The second-order valence-corrected chi connectivity index (χ2v) is 23.7. The molecule has 0 saturated heterocycles. The van der Waals surface area contributed by atoms with Gasteiger partial charge in [0, 0.05) is 13.7 Å². The lowest BCUT2D eigenvalue weighted by Gasteiger charge is -2.37. The molecule has 0 amide bonds. The normalized spacial score (nSPS) is 12.8. The Morgan fingerprint density at radius 1 is 0.295 bits per heavy atom. The van der Waals surface area contributed by atoms with Crippen LogP contribution in [0.25, 0.3) is 0 Å². The van der Waals surface area contributed by atoms with Crippen molar-refractivity contribution in [2.24, 2.45) is 0 Å². The summed E-state index contributed by atoms with van der Waals surface area (Å²) in [5.74, 6) is 0. The molecule has 0 fully saturated rings. The summed E-state index contributed by atoms with van der Waals surface area (Å²) in [4.78, 5) is 0. The highest BCUT2D eigenvalue weighted by Crippen LogP contribution is 2.21. The van der Waals surface area contributed by atoms with Crippen molar-refractivity contribution in [3.8, 4) is 0 Å². The molecule has 0 aliphatic rings. The van der Waals surface area contributed by atoms with E-state index in [1.54, 1.807) is 7.11 Å². The van der Waals surface area contributed by atoms with Gasteiger partial charge in [0.25, 0.3) is 0 Å². The van der Waals surface area contributed by atoms with Gasteiger partial charge in [-0.15, -0.1) is 0 Å². The van der Waals surface area contributed by atoms with Crippen LogP contribution in [0.1, 0.15) is 0 Å². The monoisotopic (exact) mass is 692 g/mol. The molecule has 0 saturated carbocycles. The first-order valence-corrected chi connectivity index (χ1v) is 24.7. The van der Waals surface area contributed by atoms with Crippen molar-refractivity contribution in [2.75, 3.05) is 139 Å². The van der Waals surface area contributed by atoms with Gasteiger partial charge in [0.15, 0.2) is 16.6 Å². The maximum absolute atomic E-state index is 6.31. The number of ether oxygens (including phenoxy) is 10. The summed E-state index contributed by atoms with van der Waals surface area (Å²) in [6.07, 6.45) is 0. The van der Waals surface area contributed by atoms with Crippen molar-refractivity contribution in [1.29, 1.82) is 0 Å². The zero-order valence-electron chi connectivity index (χ0n) is 28.9. The number of rotatable bonds is 35. The average Bonchev–Trinajstić information content (AvgIpc) is 2.92. The van der Waals surface area contributed by atoms with Crippen LogP contribution in [-0.4, -0.2) is 165 Å². The summed E-state index contributed by atoms with van der Waals surface area (Å²) in [6, 6.07) is 0. The molecule has 0 aliphatic heterocycles. The lowest BCUT2D eigenvalue weighted by Crippen LogP contribution is -2.55. The quantitative estimate of drug-likeness (QED) is 0.0716. The molecule has 0 N–H and O–H groups in total. The van der Waals surface area contributed by atoms with E-state index >= 15 is 0 Å². The fraction of sp³-hybridized carbons (Fsp3) is 1.00. The Morgan fingerprint density at radius 3 is 0.705 bits per heavy atom. The zero-order chi connectivity index (χ0) is 32.8. The molecule has 0 spiro atoms. The fourth-order valence-corrected chi connectivity index (χ4v) is 13.8. The molecular weight excluding hydrogens is 629 g/mol. The first kappa shape index (κ1) is 44.1. The molecule has 0 aromatic carbocycles. The Bertz CT molecular complexity index is 594. The Hall–Kier alpha value is 0.131. The van der Waals surface area contributed by atoms with Crippen LogP contribution in [0.15, 0.2) is 0 Å². The fourth-order valence-electron chi connectivity index (χ4n) is 3.48. The Balaban J connectivity index is 3.34. The van der Waals surface area contributed by atoms with Gasteiger partial charge in [-0.1, -0.05) is 0 Å². The maximum Gasteiger partial charge on any atom is 0.476 e. The minimum absolute atomic E-state index is 0.444. The molecule has 266 valence electrons. The molecule has 0 atom stereocenters. The summed E-state index contributed by atoms with van der Waals surface area (Å²) in [5, 5.41) is 0. The van der Waals surface area contributed by atoms with E-state index in [-0.39, 0.29) is 0 Å². The minimum Gasteiger partial charge on any atom is -0.417 e. The van der Waals surface area contributed by atoms with Crippen molar-refractivity contribution in [1.82, 2.24) is 0 Å². The molecule has 0 aliphatic carbocycles. The summed E-state index contributed by atoms with van der Waals surface area (Å²) in [5.41, 5.74) is 0. The van der Waals surface area contributed by atoms with Crippen molar-refractivity contribution >= 4 is 25.4 Å². The lowest BCUT2D eigenvalue weighted by atomic mass is 10.6. The predicted molar refractivity (Wildman–Crippen MR) is 176 cm³/mol. The van der Waals surface area contributed by atoms with Gasteiger partial charge in [0.2, 0.25) is 0 Å². The van der Waals surface area contributed by atoms with Gasteiger partial charge in [0.1, 0.15) is 0 Å². The topological polar surface area (TPSA) is 120 Å². The zero-order valence-corrected chi connectivity index (χ0v) is 31.9. The third kappa shape index (κ3) is 35.0. The highest BCUT2D eigenvalue weighted by molar-refractivity contribution is 6.85. The highest BCUT2D eigenvalue weighted by Gasteiger charge is 2.42. The van der Waals surface area contributed by atoms with E-state index in [1.807, 2.05) is 6.55 Å². The van der Waals surface area contributed by atoms with Crippen molar-refractivity contribution in [3.63, 3.8) is 0 Å². The second-order valence-electron chi connectivity index (χ2n) is 11.6. The van der Waals surface area contributed by atoms with Crippen LogP contribution in [0.4, 0.5) is 0 Å². The van der Waals surface area contributed by atoms with Gasteiger partial charge in [-0.2, -0.15) is 0 Å². The van der Waals surface area contributed by atoms with Gasteiger partial charge in [-0.25, -0.2) is 0 Å². The lowest BCUT2D eigenvalue weighted by molar-refractivity contribution is -0.0264. The molecule has 0 unspecified atom stereocenters. The molecule has 0 aromatic heterocycles. The first-order chi connectivity index (χ1) is 21.0. The van der Waals surface area contributed by atoms with Crippen LogP contribution >= 0.6 is 0 Å². The Labute approximate surface area is 270 Å². The van der Waals surface area contributed by atoms with E-state index in [0.717, 1.165) is 0 Å². The van der Waals surface area contributed by atoms with Crippen LogP contribution in [0, 0.1) is 0 Å². The third-order valence-corrected chi connectivity index (χ3v) is 13.6. The summed E-state index contributed by atoms with van der Waals surface area (Å²) >= 11 is 0.